The molecule has 112 valence electrons. The number of rotatable bonds is 1. The topological polar surface area (TPSA) is 59.0 Å². The summed E-state index contributed by atoms with van der Waals surface area (Å²) < 4.78 is 47.6. The van der Waals surface area contributed by atoms with Crippen LogP contribution in [0.25, 0.3) is 0 Å². The van der Waals surface area contributed by atoms with Gasteiger partial charge in [-0.1, -0.05) is 0 Å². The molecule has 1 fully saturated rings. The van der Waals surface area contributed by atoms with Crippen LogP contribution in [-0.4, -0.2) is 59.8 Å². The molecule has 0 saturated carbocycles. The third-order valence-corrected chi connectivity index (χ3v) is 2.39. The van der Waals surface area contributed by atoms with Crippen molar-refractivity contribution in [3.63, 3.8) is 0 Å². The van der Waals surface area contributed by atoms with Crippen molar-refractivity contribution in [1.29, 1.82) is 0 Å². The SMILES string of the molecule is CC(C)(C)OC(=O)N1C[C@@H](CO)O[C@H](C(F)(F)F)C1. The number of carbonyl (C=O) groups excluding carboxylic acids is 1. The number of halogens is 3. The third-order valence-electron chi connectivity index (χ3n) is 2.39. The minimum absolute atomic E-state index is 0.127. The van der Waals surface area contributed by atoms with E-state index < -0.39 is 43.2 Å². The number of nitrogens with zero attached hydrogens (tertiary/aromatic N) is 1. The summed E-state index contributed by atoms with van der Waals surface area (Å²) in [5, 5.41) is 8.94. The Kier molecular flexibility index (Phi) is 4.67. The van der Waals surface area contributed by atoms with Crippen molar-refractivity contribution in [2.75, 3.05) is 19.7 Å². The molecule has 1 N–H and O–H groups in total. The van der Waals surface area contributed by atoms with Gasteiger partial charge in [0.15, 0.2) is 6.10 Å². The van der Waals surface area contributed by atoms with Gasteiger partial charge in [-0.05, 0) is 20.8 Å². The Bertz CT molecular complexity index is 327. The minimum Gasteiger partial charge on any atom is -0.444 e. The highest BCUT2D eigenvalue weighted by molar-refractivity contribution is 5.68. The average Bonchev–Trinajstić information content (AvgIpc) is 2.25. The number of hydrogen-bond donors (Lipinski definition) is 1. The molecule has 5 nitrogen and oxygen atoms in total. The lowest BCUT2D eigenvalue weighted by Gasteiger charge is -2.38. The van der Waals surface area contributed by atoms with Crippen molar-refractivity contribution in [3.05, 3.63) is 0 Å². The summed E-state index contributed by atoms with van der Waals surface area (Å²) in [7, 11) is 0. The summed E-state index contributed by atoms with van der Waals surface area (Å²) in [4.78, 5) is 12.7. The van der Waals surface area contributed by atoms with Crippen LogP contribution in [0.3, 0.4) is 0 Å². The Morgan fingerprint density at radius 2 is 1.95 bits per heavy atom. The first-order chi connectivity index (χ1) is 8.53. The molecule has 8 heteroatoms. The summed E-state index contributed by atoms with van der Waals surface area (Å²) in [6.07, 6.45) is -8.60. The van der Waals surface area contributed by atoms with Crippen molar-refractivity contribution >= 4 is 6.09 Å². The fourth-order valence-corrected chi connectivity index (χ4v) is 1.60. The van der Waals surface area contributed by atoms with E-state index in [1.807, 2.05) is 0 Å². The first-order valence-corrected chi connectivity index (χ1v) is 5.84. The van der Waals surface area contributed by atoms with Crippen molar-refractivity contribution in [2.45, 2.75) is 44.8 Å². The number of aliphatic hydroxyl groups excluding tert-OH is 1. The van der Waals surface area contributed by atoms with E-state index in [9.17, 15) is 18.0 Å². The van der Waals surface area contributed by atoms with Crippen LogP contribution in [0.2, 0.25) is 0 Å². The van der Waals surface area contributed by atoms with Crippen LogP contribution < -0.4 is 0 Å². The molecule has 0 radical (unpaired) electrons. The standard InChI is InChI=1S/C11H18F3NO4/c1-10(2,3)19-9(17)15-4-7(6-16)18-8(5-15)11(12,13)14/h7-8,16H,4-6H2,1-3H3/t7-,8-/m0/s1. The number of carbonyl (C=O) groups is 1. The minimum atomic E-state index is -4.59. The molecule has 0 unspecified atom stereocenters. The van der Waals surface area contributed by atoms with Crippen LogP contribution in [0.4, 0.5) is 18.0 Å². The van der Waals surface area contributed by atoms with Crippen LogP contribution in [0, 0.1) is 0 Å². The summed E-state index contributed by atoms with van der Waals surface area (Å²) in [5.74, 6) is 0. The number of alkyl halides is 3. The van der Waals surface area contributed by atoms with Gasteiger partial charge in [-0.3, -0.25) is 0 Å². The predicted molar refractivity (Wildman–Crippen MR) is 59.6 cm³/mol. The molecule has 1 rings (SSSR count). The highest BCUT2D eigenvalue weighted by atomic mass is 19.4. The first kappa shape index (κ1) is 16.0. The van der Waals surface area contributed by atoms with Crippen LogP contribution >= 0.6 is 0 Å². The first-order valence-electron chi connectivity index (χ1n) is 5.84. The number of aliphatic hydroxyl groups is 1. The van der Waals surface area contributed by atoms with Gasteiger partial charge in [0.05, 0.1) is 25.8 Å². The van der Waals surface area contributed by atoms with Gasteiger partial charge in [-0.25, -0.2) is 4.79 Å². The van der Waals surface area contributed by atoms with Gasteiger partial charge in [0, 0.05) is 0 Å². The normalized spacial score (nSPS) is 25.3. The van der Waals surface area contributed by atoms with Gasteiger partial charge in [0.1, 0.15) is 5.60 Å². The van der Waals surface area contributed by atoms with Gasteiger partial charge in [-0.15, -0.1) is 0 Å². The van der Waals surface area contributed by atoms with E-state index in [0.717, 1.165) is 4.90 Å². The van der Waals surface area contributed by atoms with E-state index >= 15 is 0 Å². The predicted octanol–water partition coefficient (Wildman–Crippen LogP) is 1.55. The summed E-state index contributed by atoms with van der Waals surface area (Å²) in [5.41, 5.74) is -0.794. The lowest BCUT2D eigenvalue weighted by atomic mass is 10.2. The molecule has 0 aliphatic carbocycles. The number of hydrogen-bond acceptors (Lipinski definition) is 4. The maximum atomic E-state index is 12.6. The second-order valence-electron chi connectivity index (χ2n) is 5.36. The van der Waals surface area contributed by atoms with Crippen LogP contribution in [0.1, 0.15) is 20.8 Å². The number of morpholine rings is 1. The highest BCUT2D eigenvalue weighted by Gasteiger charge is 2.47. The van der Waals surface area contributed by atoms with E-state index in [1.165, 1.54) is 0 Å². The van der Waals surface area contributed by atoms with Gasteiger partial charge >= 0.3 is 12.3 Å². The average molecular weight is 285 g/mol. The summed E-state index contributed by atoms with van der Waals surface area (Å²) in [6.45, 7) is 3.52. The number of amides is 1. The van der Waals surface area contributed by atoms with Gasteiger partial charge in [0.25, 0.3) is 0 Å². The number of ether oxygens (including phenoxy) is 2. The van der Waals surface area contributed by atoms with E-state index in [-0.39, 0.29) is 6.54 Å². The Balaban J connectivity index is 2.75. The molecule has 0 aromatic heterocycles. The quantitative estimate of drug-likeness (QED) is 0.794. The van der Waals surface area contributed by atoms with E-state index in [1.54, 1.807) is 20.8 Å². The lowest BCUT2D eigenvalue weighted by molar-refractivity contribution is -0.254. The maximum absolute atomic E-state index is 12.6. The Labute approximate surface area is 109 Å². The van der Waals surface area contributed by atoms with Crippen LogP contribution in [0.15, 0.2) is 0 Å². The monoisotopic (exact) mass is 285 g/mol. The van der Waals surface area contributed by atoms with E-state index in [0.29, 0.717) is 0 Å². The van der Waals surface area contributed by atoms with Gasteiger partial charge in [-0.2, -0.15) is 13.2 Å². The molecular weight excluding hydrogens is 267 g/mol. The molecule has 1 aliphatic rings. The van der Waals surface area contributed by atoms with E-state index in [2.05, 4.69) is 4.74 Å². The molecule has 2 atom stereocenters. The summed E-state index contributed by atoms with van der Waals surface area (Å²) in [6, 6.07) is 0. The maximum Gasteiger partial charge on any atom is 0.416 e. The largest absolute Gasteiger partial charge is 0.444 e. The molecule has 0 spiro atoms. The molecule has 1 aliphatic heterocycles. The molecule has 0 aromatic rings. The fourth-order valence-electron chi connectivity index (χ4n) is 1.60. The molecule has 1 heterocycles. The zero-order valence-electron chi connectivity index (χ0n) is 11.0. The highest BCUT2D eigenvalue weighted by Crippen LogP contribution is 2.28. The Morgan fingerprint density at radius 3 is 2.37 bits per heavy atom. The van der Waals surface area contributed by atoms with E-state index in [4.69, 9.17) is 9.84 Å². The second kappa shape index (κ2) is 5.54. The van der Waals surface area contributed by atoms with Crippen molar-refractivity contribution in [2.24, 2.45) is 0 Å². The lowest BCUT2D eigenvalue weighted by Crippen LogP contribution is -2.56. The Hall–Kier alpha value is -1.02. The molecule has 0 bridgehead atoms. The smallest absolute Gasteiger partial charge is 0.416 e. The van der Waals surface area contributed by atoms with Crippen molar-refractivity contribution in [1.82, 2.24) is 4.90 Å². The second-order valence-corrected chi connectivity index (χ2v) is 5.36. The zero-order chi connectivity index (χ0) is 14.8. The van der Waals surface area contributed by atoms with Gasteiger partial charge in [0.2, 0.25) is 0 Å². The third kappa shape index (κ3) is 4.87. The molecule has 19 heavy (non-hydrogen) atoms. The fraction of sp³-hybridized carbons (Fsp3) is 0.909. The molecule has 1 saturated heterocycles. The van der Waals surface area contributed by atoms with Crippen LogP contribution in [-0.2, 0) is 9.47 Å². The molecule has 1 amide bonds. The van der Waals surface area contributed by atoms with Crippen molar-refractivity contribution < 1.29 is 32.5 Å². The molecule has 0 aromatic carbocycles. The summed E-state index contributed by atoms with van der Waals surface area (Å²) >= 11 is 0. The zero-order valence-corrected chi connectivity index (χ0v) is 11.0. The van der Waals surface area contributed by atoms with Gasteiger partial charge < -0.3 is 19.5 Å². The van der Waals surface area contributed by atoms with Crippen LogP contribution in [0.5, 0.6) is 0 Å². The van der Waals surface area contributed by atoms with Crippen molar-refractivity contribution in [3.8, 4) is 0 Å². The molecular formula is C11H18F3NO4. The Morgan fingerprint density at radius 1 is 1.37 bits per heavy atom.